The molecule has 1 aliphatic rings. The van der Waals surface area contributed by atoms with Crippen molar-refractivity contribution in [3.63, 3.8) is 0 Å². The van der Waals surface area contributed by atoms with Gasteiger partial charge in [0.25, 0.3) is 0 Å². The number of rotatable bonds is 3. The molecule has 0 radical (unpaired) electrons. The number of alkyl halides is 3. The summed E-state index contributed by atoms with van der Waals surface area (Å²) in [4.78, 5) is 13.4. The molecule has 0 spiro atoms. The van der Waals surface area contributed by atoms with Gasteiger partial charge in [-0.1, -0.05) is 11.6 Å². The van der Waals surface area contributed by atoms with E-state index in [1.165, 1.54) is 34.0 Å². The zero-order valence-corrected chi connectivity index (χ0v) is 18.5. The molecule has 11 heteroatoms. The van der Waals surface area contributed by atoms with Crippen LogP contribution in [0.15, 0.2) is 53.6 Å². The summed E-state index contributed by atoms with van der Waals surface area (Å²) in [6.45, 7) is 2.09. The van der Waals surface area contributed by atoms with E-state index in [0.29, 0.717) is 16.6 Å². The Kier molecular flexibility index (Phi) is 5.72. The molecule has 2 aromatic carbocycles. The Bertz CT molecular complexity index is 1300. The Morgan fingerprint density at radius 2 is 1.69 bits per heavy atom. The second kappa shape index (κ2) is 8.09. The smallest absolute Gasteiger partial charge is 0.369 e. The third-order valence-corrected chi connectivity index (χ3v) is 7.57. The topological polar surface area (TPSA) is 62.6 Å². The lowest BCUT2D eigenvalue weighted by molar-refractivity contribution is -0.137. The van der Waals surface area contributed by atoms with Crippen LogP contribution >= 0.6 is 11.6 Å². The minimum absolute atomic E-state index is 0.0318. The van der Waals surface area contributed by atoms with Crippen LogP contribution in [0.25, 0.3) is 10.9 Å². The second-order valence-corrected chi connectivity index (χ2v) is 9.89. The van der Waals surface area contributed by atoms with Crippen LogP contribution in [-0.2, 0) is 16.2 Å². The van der Waals surface area contributed by atoms with Gasteiger partial charge in [0.1, 0.15) is 0 Å². The van der Waals surface area contributed by atoms with Crippen LogP contribution < -0.4 is 4.90 Å². The van der Waals surface area contributed by atoms with E-state index in [0.717, 1.165) is 12.1 Å². The van der Waals surface area contributed by atoms with Crippen molar-refractivity contribution in [3.05, 3.63) is 59.2 Å². The maximum Gasteiger partial charge on any atom is 0.416 e. The first-order valence-corrected chi connectivity index (χ1v) is 11.5. The Hall–Kier alpha value is -2.56. The third-order valence-electron chi connectivity index (χ3n) is 5.45. The van der Waals surface area contributed by atoms with Gasteiger partial charge in [-0.05, 0) is 42.5 Å². The monoisotopic (exact) mass is 485 g/mol. The van der Waals surface area contributed by atoms with Crippen LogP contribution in [0.3, 0.4) is 0 Å². The average Bonchev–Trinajstić information content (AvgIpc) is 3.16. The minimum atomic E-state index is -4.52. The fourth-order valence-corrected chi connectivity index (χ4v) is 5.50. The Morgan fingerprint density at radius 3 is 2.31 bits per heavy atom. The van der Waals surface area contributed by atoms with Gasteiger partial charge in [-0.15, -0.1) is 0 Å². The molecule has 0 unspecified atom stereocenters. The molecule has 0 N–H and O–H groups in total. The van der Waals surface area contributed by atoms with Crippen LogP contribution in [0, 0.1) is 0 Å². The molecule has 1 aromatic heterocycles. The largest absolute Gasteiger partial charge is 0.416 e. The van der Waals surface area contributed by atoms with Crippen LogP contribution in [0.1, 0.15) is 17.3 Å². The molecule has 1 aliphatic heterocycles. The van der Waals surface area contributed by atoms with Gasteiger partial charge in [0.05, 0.1) is 16.0 Å². The molecular formula is C21H19ClF3N3O3S. The van der Waals surface area contributed by atoms with E-state index in [9.17, 15) is 26.4 Å². The lowest BCUT2D eigenvalue weighted by atomic mass is 10.1. The van der Waals surface area contributed by atoms with Gasteiger partial charge in [0, 0.05) is 55.4 Å². The molecule has 0 bridgehead atoms. The van der Waals surface area contributed by atoms with Crippen molar-refractivity contribution >= 4 is 44.1 Å². The molecule has 0 saturated carbocycles. The number of anilines is 1. The number of benzene rings is 2. The Labute approximate surface area is 187 Å². The maximum absolute atomic E-state index is 13.1. The number of carbonyl (C=O) groups is 1. The number of fused-ring (bicyclic) bond motifs is 1. The van der Waals surface area contributed by atoms with Crippen molar-refractivity contribution < 1.29 is 26.4 Å². The van der Waals surface area contributed by atoms with E-state index in [4.69, 9.17) is 11.6 Å². The van der Waals surface area contributed by atoms with Gasteiger partial charge in [-0.25, -0.2) is 8.42 Å². The molecule has 1 saturated heterocycles. The van der Waals surface area contributed by atoms with Crippen molar-refractivity contribution in [3.8, 4) is 0 Å². The summed E-state index contributed by atoms with van der Waals surface area (Å²) in [7, 11) is -3.80. The quantitative estimate of drug-likeness (QED) is 0.548. The zero-order valence-electron chi connectivity index (χ0n) is 16.9. The van der Waals surface area contributed by atoms with Crippen LogP contribution in [0.2, 0.25) is 5.02 Å². The van der Waals surface area contributed by atoms with Gasteiger partial charge in [-0.2, -0.15) is 17.5 Å². The Morgan fingerprint density at radius 1 is 1.00 bits per heavy atom. The summed E-state index contributed by atoms with van der Waals surface area (Å²) in [5.41, 5.74) is 0.0670. The standard InChI is InChI=1S/C21H19ClF3N3O3S/c1-14(29)28-5-4-15-10-19(2-3-20(15)28)32(30,31)27-8-6-26(7-9-27)18-12-16(21(23,24)25)11-17(22)13-18/h2-5,10-13H,6-9H2,1H3. The van der Waals surface area contributed by atoms with E-state index in [1.54, 1.807) is 23.2 Å². The summed E-state index contributed by atoms with van der Waals surface area (Å²) in [5, 5.41) is 0.592. The zero-order chi connectivity index (χ0) is 23.3. The van der Waals surface area contributed by atoms with Crippen LogP contribution in [0.5, 0.6) is 0 Å². The van der Waals surface area contributed by atoms with Crippen molar-refractivity contribution in [2.45, 2.75) is 18.0 Å². The van der Waals surface area contributed by atoms with Crippen molar-refractivity contribution in [2.75, 3.05) is 31.1 Å². The molecule has 0 amide bonds. The SMILES string of the molecule is CC(=O)n1ccc2cc(S(=O)(=O)N3CCN(c4cc(Cl)cc(C(F)(F)F)c4)CC3)ccc21. The third kappa shape index (κ3) is 4.22. The molecule has 170 valence electrons. The highest BCUT2D eigenvalue weighted by Gasteiger charge is 2.33. The predicted octanol–water partition coefficient (Wildman–Crippen LogP) is 4.48. The summed E-state index contributed by atoms with van der Waals surface area (Å²) < 4.78 is 68.3. The van der Waals surface area contributed by atoms with Gasteiger partial charge in [0.2, 0.25) is 15.9 Å². The van der Waals surface area contributed by atoms with Gasteiger partial charge >= 0.3 is 6.18 Å². The van der Waals surface area contributed by atoms with Crippen molar-refractivity contribution in [1.82, 2.24) is 8.87 Å². The number of hydrogen-bond acceptors (Lipinski definition) is 4. The first-order chi connectivity index (χ1) is 15.0. The molecular weight excluding hydrogens is 467 g/mol. The van der Waals surface area contributed by atoms with Crippen LogP contribution in [-0.4, -0.2) is 49.4 Å². The van der Waals surface area contributed by atoms with E-state index in [1.807, 2.05) is 0 Å². The van der Waals surface area contributed by atoms with Crippen molar-refractivity contribution in [2.24, 2.45) is 0 Å². The molecule has 32 heavy (non-hydrogen) atoms. The predicted molar refractivity (Wildman–Crippen MR) is 116 cm³/mol. The average molecular weight is 486 g/mol. The highest BCUT2D eigenvalue weighted by atomic mass is 35.5. The van der Waals surface area contributed by atoms with Crippen LogP contribution in [0.4, 0.5) is 18.9 Å². The number of hydrogen-bond donors (Lipinski definition) is 0. The van der Waals surface area contributed by atoms with Gasteiger partial charge in [0.15, 0.2) is 0 Å². The molecule has 6 nitrogen and oxygen atoms in total. The maximum atomic E-state index is 13.1. The first-order valence-electron chi connectivity index (χ1n) is 9.72. The summed E-state index contributed by atoms with van der Waals surface area (Å²) in [6, 6.07) is 9.55. The summed E-state index contributed by atoms with van der Waals surface area (Å²) >= 11 is 5.87. The number of carbonyl (C=O) groups excluding carboxylic acids is 1. The second-order valence-electron chi connectivity index (χ2n) is 7.51. The van der Waals surface area contributed by atoms with E-state index < -0.39 is 21.8 Å². The number of nitrogens with zero attached hydrogens (tertiary/aromatic N) is 3. The lowest BCUT2D eigenvalue weighted by Crippen LogP contribution is -2.48. The van der Waals surface area contributed by atoms with E-state index in [-0.39, 0.29) is 42.0 Å². The lowest BCUT2D eigenvalue weighted by Gasteiger charge is -2.35. The van der Waals surface area contributed by atoms with Gasteiger partial charge < -0.3 is 4.90 Å². The highest BCUT2D eigenvalue weighted by Crippen LogP contribution is 2.35. The summed E-state index contributed by atoms with van der Waals surface area (Å²) in [5.74, 6) is -0.179. The molecule has 1 fully saturated rings. The molecule has 4 rings (SSSR count). The van der Waals surface area contributed by atoms with E-state index >= 15 is 0 Å². The fourth-order valence-electron chi connectivity index (χ4n) is 3.81. The van der Waals surface area contributed by atoms with Crippen molar-refractivity contribution in [1.29, 1.82) is 0 Å². The van der Waals surface area contributed by atoms with E-state index in [2.05, 4.69) is 0 Å². The van der Waals surface area contributed by atoms with Gasteiger partial charge in [-0.3, -0.25) is 9.36 Å². The number of piperazine rings is 1. The number of aromatic nitrogens is 1. The highest BCUT2D eigenvalue weighted by molar-refractivity contribution is 7.89. The number of halogens is 4. The Balaban J connectivity index is 1.53. The number of sulfonamides is 1. The first kappa shape index (κ1) is 22.6. The normalized spacial score (nSPS) is 16.0. The molecule has 0 aliphatic carbocycles. The fraction of sp³-hybridized carbons (Fsp3) is 0.286. The minimum Gasteiger partial charge on any atom is -0.369 e. The molecule has 3 aromatic rings. The summed E-state index contributed by atoms with van der Waals surface area (Å²) in [6.07, 6.45) is -2.94. The molecule has 2 heterocycles. The molecule has 0 atom stereocenters.